The molecule has 0 unspecified atom stereocenters. The van der Waals surface area contributed by atoms with Crippen molar-refractivity contribution in [2.45, 2.75) is 27.7 Å². The number of halogens is 1. The van der Waals surface area contributed by atoms with Gasteiger partial charge in [-0.1, -0.05) is 23.7 Å². The summed E-state index contributed by atoms with van der Waals surface area (Å²) in [5.41, 5.74) is 2.97. The van der Waals surface area contributed by atoms with Crippen LogP contribution in [-0.4, -0.2) is 43.6 Å². The fraction of sp³-hybridized carbons (Fsp3) is 0.226. The molecule has 0 aromatic heterocycles. The summed E-state index contributed by atoms with van der Waals surface area (Å²) in [5, 5.41) is 5.10. The largest absolute Gasteiger partial charge is 0.494 e. The molecule has 1 aliphatic rings. The van der Waals surface area contributed by atoms with Gasteiger partial charge >= 0.3 is 6.03 Å². The minimum absolute atomic E-state index is 0.0930. The Hall–Kier alpha value is -4.83. The van der Waals surface area contributed by atoms with Crippen LogP contribution >= 0.6 is 11.6 Å². The summed E-state index contributed by atoms with van der Waals surface area (Å²) in [6, 6.07) is 14.0. The molecule has 0 radical (unpaired) electrons. The van der Waals surface area contributed by atoms with Crippen LogP contribution in [0.2, 0.25) is 5.02 Å². The average Bonchev–Trinajstić information content (AvgIpc) is 2.94. The van der Waals surface area contributed by atoms with Crippen molar-refractivity contribution in [1.29, 1.82) is 0 Å². The second-order valence-electron chi connectivity index (χ2n) is 9.23. The lowest BCUT2D eigenvalue weighted by Crippen LogP contribution is -2.54. The predicted octanol–water partition coefficient (Wildman–Crippen LogP) is 5.44. The molecule has 10 nitrogen and oxygen atoms in total. The first-order chi connectivity index (χ1) is 20.1. The molecule has 11 heteroatoms. The Labute approximate surface area is 248 Å². The van der Waals surface area contributed by atoms with E-state index in [1.807, 2.05) is 32.9 Å². The number of ether oxygens (including phenoxy) is 3. The number of amides is 5. The third kappa shape index (κ3) is 6.72. The van der Waals surface area contributed by atoms with Gasteiger partial charge in [-0.05, 0) is 92.9 Å². The number of hydrogen-bond acceptors (Lipinski definition) is 7. The second-order valence-corrected chi connectivity index (χ2v) is 9.64. The summed E-state index contributed by atoms with van der Waals surface area (Å²) in [5.74, 6) is -1.16. The standard InChI is InChI=1S/C31H30ClN3O7/c1-5-40-22-12-10-21(11-13-22)35-30(38)23(29(37)34-31(35)39)14-20-15-24(32)28(26(16-20)41-6-2)42-17-27(36)33-25-9-7-8-18(3)19(25)4/h7-16H,5-6,17H2,1-4H3,(H,33,36)(H,34,37,39)/b23-14+. The highest BCUT2D eigenvalue weighted by Crippen LogP contribution is 2.38. The third-order valence-electron chi connectivity index (χ3n) is 6.38. The highest BCUT2D eigenvalue weighted by Gasteiger charge is 2.37. The van der Waals surface area contributed by atoms with Gasteiger partial charge in [-0.15, -0.1) is 0 Å². The number of urea groups is 1. The Morgan fingerprint density at radius 1 is 0.976 bits per heavy atom. The molecule has 3 aromatic carbocycles. The molecule has 0 atom stereocenters. The van der Waals surface area contributed by atoms with Gasteiger partial charge < -0.3 is 19.5 Å². The van der Waals surface area contributed by atoms with Crippen molar-refractivity contribution in [3.63, 3.8) is 0 Å². The zero-order valence-corrected chi connectivity index (χ0v) is 24.3. The van der Waals surface area contributed by atoms with Gasteiger partial charge in [-0.3, -0.25) is 19.7 Å². The van der Waals surface area contributed by atoms with Crippen LogP contribution in [-0.2, 0) is 14.4 Å². The SMILES string of the molecule is CCOc1ccc(N2C(=O)NC(=O)/C(=C\c3cc(Cl)c(OCC(=O)Nc4cccc(C)c4C)c(OCC)c3)C2=O)cc1. The zero-order valence-electron chi connectivity index (χ0n) is 23.6. The Balaban J connectivity index is 1.57. The molecule has 0 saturated carbocycles. The van der Waals surface area contributed by atoms with Crippen molar-refractivity contribution in [2.24, 2.45) is 0 Å². The molecule has 1 saturated heterocycles. The maximum Gasteiger partial charge on any atom is 0.335 e. The molecule has 218 valence electrons. The Kier molecular flexibility index (Phi) is 9.49. The van der Waals surface area contributed by atoms with E-state index < -0.39 is 23.8 Å². The van der Waals surface area contributed by atoms with Gasteiger partial charge in [0, 0.05) is 5.69 Å². The van der Waals surface area contributed by atoms with Crippen LogP contribution in [0.4, 0.5) is 16.2 Å². The quantitative estimate of drug-likeness (QED) is 0.238. The minimum Gasteiger partial charge on any atom is -0.494 e. The molecule has 42 heavy (non-hydrogen) atoms. The van der Waals surface area contributed by atoms with Gasteiger partial charge in [0.25, 0.3) is 17.7 Å². The number of anilines is 2. The Morgan fingerprint density at radius 2 is 1.69 bits per heavy atom. The lowest BCUT2D eigenvalue weighted by molar-refractivity contribution is -0.122. The van der Waals surface area contributed by atoms with E-state index in [4.69, 9.17) is 25.8 Å². The van der Waals surface area contributed by atoms with E-state index in [1.165, 1.54) is 18.2 Å². The highest BCUT2D eigenvalue weighted by atomic mass is 35.5. The molecular weight excluding hydrogens is 562 g/mol. The van der Waals surface area contributed by atoms with Crippen molar-refractivity contribution in [3.05, 3.63) is 81.9 Å². The van der Waals surface area contributed by atoms with Crippen LogP contribution in [0.25, 0.3) is 6.08 Å². The number of rotatable bonds is 10. The fourth-order valence-corrected chi connectivity index (χ4v) is 4.48. The lowest BCUT2D eigenvalue weighted by atomic mass is 10.1. The molecule has 0 bridgehead atoms. The van der Waals surface area contributed by atoms with Crippen LogP contribution in [0.15, 0.2) is 60.2 Å². The van der Waals surface area contributed by atoms with Crippen LogP contribution in [0.3, 0.4) is 0 Å². The summed E-state index contributed by atoms with van der Waals surface area (Å²) in [6.45, 7) is 7.83. The van der Waals surface area contributed by atoms with Gasteiger partial charge in [0.1, 0.15) is 11.3 Å². The molecular formula is C31H30ClN3O7. The highest BCUT2D eigenvalue weighted by molar-refractivity contribution is 6.39. The van der Waals surface area contributed by atoms with Crippen LogP contribution < -0.4 is 29.7 Å². The zero-order chi connectivity index (χ0) is 30.4. The predicted molar refractivity (Wildman–Crippen MR) is 159 cm³/mol. The minimum atomic E-state index is -0.873. The van der Waals surface area contributed by atoms with Gasteiger partial charge in [-0.25, -0.2) is 9.69 Å². The summed E-state index contributed by atoms with van der Waals surface area (Å²) >= 11 is 6.51. The number of aryl methyl sites for hydroxylation is 1. The molecule has 3 aromatic rings. The third-order valence-corrected chi connectivity index (χ3v) is 6.66. The van der Waals surface area contributed by atoms with E-state index in [9.17, 15) is 19.2 Å². The molecule has 4 rings (SSSR count). The van der Waals surface area contributed by atoms with E-state index in [0.29, 0.717) is 23.6 Å². The number of carbonyl (C=O) groups is 4. The maximum atomic E-state index is 13.3. The van der Waals surface area contributed by atoms with Crippen LogP contribution in [0.5, 0.6) is 17.2 Å². The summed E-state index contributed by atoms with van der Waals surface area (Å²) in [6.07, 6.45) is 1.30. The molecule has 2 N–H and O–H groups in total. The van der Waals surface area contributed by atoms with Crippen molar-refractivity contribution >= 4 is 52.8 Å². The first-order valence-corrected chi connectivity index (χ1v) is 13.6. The van der Waals surface area contributed by atoms with Crippen LogP contribution in [0, 0.1) is 13.8 Å². The molecule has 1 heterocycles. The Morgan fingerprint density at radius 3 is 2.38 bits per heavy atom. The van der Waals surface area contributed by atoms with Crippen LogP contribution in [0.1, 0.15) is 30.5 Å². The number of hydrogen-bond donors (Lipinski definition) is 2. The van der Waals surface area contributed by atoms with E-state index in [2.05, 4.69) is 10.6 Å². The summed E-state index contributed by atoms with van der Waals surface area (Å²) < 4.78 is 16.8. The van der Waals surface area contributed by atoms with Gasteiger partial charge in [0.2, 0.25) is 0 Å². The van der Waals surface area contributed by atoms with E-state index in [-0.39, 0.29) is 41.0 Å². The van der Waals surface area contributed by atoms with Crippen molar-refractivity contribution in [1.82, 2.24) is 5.32 Å². The first kappa shape index (κ1) is 30.1. The monoisotopic (exact) mass is 591 g/mol. The lowest BCUT2D eigenvalue weighted by Gasteiger charge is -2.26. The van der Waals surface area contributed by atoms with Gasteiger partial charge in [-0.2, -0.15) is 0 Å². The molecule has 0 aliphatic carbocycles. The first-order valence-electron chi connectivity index (χ1n) is 13.2. The van der Waals surface area contributed by atoms with E-state index in [1.54, 1.807) is 37.3 Å². The number of benzene rings is 3. The molecule has 0 spiro atoms. The normalized spacial score (nSPS) is 14.1. The number of barbiturate groups is 1. The summed E-state index contributed by atoms with van der Waals surface area (Å²) in [4.78, 5) is 52.0. The topological polar surface area (TPSA) is 123 Å². The van der Waals surface area contributed by atoms with Crippen molar-refractivity contribution < 1.29 is 33.4 Å². The Bertz CT molecular complexity index is 1570. The maximum absolute atomic E-state index is 13.3. The van der Waals surface area contributed by atoms with Gasteiger partial charge in [0.05, 0.1) is 23.9 Å². The smallest absolute Gasteiger partial charge is 0.335 e. The second kappa shape index (κ2) is 13.2. The number of nitrogens with zero attached hydrogens (tertiary/aromatic N) is 1. The summed E-state index contributed by atoms with van der Waals surface area (Å²) in [7, 11) is 0. The molecule has 1 fully saturated rings. The van der Waals surface area contributed by atoms with E-state index in [0.717, 1.165) is 16.0 Å². The molecule has 5 amide bonds. The molecule has 1 aliphatic heterocycles. The number of nitrogens with one attached hydrogen (secondary N) is 2. The fourth-order valence-electron chi connectivity index (χ4n) is 4.20. The van der Waals surface area contributed by atoms with Crippen molar-refractivity contribution in [2.75, 3.05) is 30.0 Å². The number of imide groups is 2. The van der Waals surface area contributed by atoms with Crippen molar-refractivity contribution in [3.8, 4) is 17.2 Å². The average molecular weight is 592 g/mol. The van der Waals surface area contributed by atoms with Gasteiger partial charge in [0.15, 0.2) is 18.1 Å². The number of carbonyl (C=O) groups excluding carboxylic acids is 4. The van der Waals surface area contributed by atoms with E-state index >= 15 is 0 Å².